The first-order valence-electron chi connectivity index (χ1n) is 14.2. The molecule has 0 bridgehead atoms. The summed E-state index contributed by atoms with van der Waals surface area (Å²) < 4.78 is 124. The molecule has 2 heterocycles. The zero-order valence-electron chi connectivity index (χ0n) is 23.9. The summed E-state index contributed by atoms with van der Waals surface area (Å²) in [5, 5.41) is 11.2. The van der Waals surface area contributed by atoms with Gasteiger partial charge in [-0.25, -0.2) is 12.8 Å². The monoisotopic (exact) mass is 667 g/mol. The Morgan fingerprint density at radius 3 is 2.09 bits per heavy atom. The van der Waals surface area contributed by atoms with Crippen molar-refractivity contribution in [3.05, 3.63) is 64.7 Å². The molecule has 2 aromatic rings. The summed E-state index contributed by atoms with van der Waals surface area (Å²) in [6.07, 6.45) is -12.9. The maximum Gasteiger partial charge on any atom is 0.435 e. The van der Waals surface area contributed by atoms with Gasteiger partial charge in [0.05, 0.1) is 10.9 Å². The van der Waals surface area contributed by atoms with E-state index in [2.05, 4.69) is 0 Å². The van der Waals surface area contributed by atoms with E-state index in [1.54, 1.807) is 23.9 Å². The first kappa shape index (κ1) is 33.1. The molecule has 2 aromatic carbocycles. The molecule has 14 heteroatoms. The number of sulfone groups is 1. The summed E-state index contributed by atoms with van der Waals surface area (Å²) in [7, 11) is -4.46. The Morgan fingerprint density at radius 2 is 1.55 bits per heavy atom. The topological polar surface area (TPSA) is 74.7 Å². The molecule has 1 N–H and O–H groups in total. The molecule has 0 saturated carbocycles. The van der Waals surface area contributed by atoms with Crippen molar-refractivity contribution in [3.63, 3.8) is 0 Å². The molecule has 2 unspecified atom stereocenters. The van der Waals surface area contributed by atoms with E-state index in [1.165, 1.54) is 17.0 Å². The number of aliphatic hydroxyl groups is 1. The van der Waals surface area contributed by atoms with Crippen LogP contribution in [0.15, 0.2) is 47.4 Å². The molecule has 3 aliphatic rings. The molecule has 2 atom stereocenters. The lowest BCUT2D eigenvalue weighted by molar-refractivity contribution is -0.348. The Kier molecular flexibility index (Phi) is 8.18. The Labute approximate surface area is 255 Å². The summed E-state index contributed by atoms with van der Waals surface area (Å²) in [6, 6.07) is 6.62. The van der Waals surface area contributed by atoms with E-state index in [0.29, 0.717) is 23.6 Å². The number of aryl methyl sites for hydroxylation is 1. The van der Waals surface area contributed by atoms with Crippen LogP contribution >= 0.6 is 11.8 Å². The standard InChI is InChI=1S/C30H32F7NO4S2/c1-18(2)19-3-7-22(8-4-19)44(41,42)27-11-14-38(25(39)26(40)12-15-43-16-13-26)24(27)10-5-20-17-21(6-9-23(20)27)28(31,29(32,33)34)30(35,36)37/h3-4,6-9,17-18,24,40H,5,10-16H2,1-2H3. The van der Waals surface area contributed by atoms with E-state index in [-0.39, 0.29) is 60.6 Å². The Bertz CT molecular complexity index is 1520. The van der Waals surface area contributed by atoms with E-state index in [9.17, 15) is 44.7 Å². The number of thioether (sulfide) groups is 1. The van der Waals surface area contributed by atoms with Crippen LogP contribution in [0.1, 0.15) is 67.7 Å². The van der Waals surface area contributed by atoms with Gasteiger partial charge in [-0.05, 0) is 78.4 Å². The number of alkyl halides is 7. The maximum absolute atomic E-state index is 15.0. The third kappa shape index (κ3) is 4.85. The lowest BCUT2D eigenvalue weighted by Gasteiger charge is -2.44. The summed E-state index contributed by atoms with van der Waals surface area (Å²) in [6.45, 7) is 3.71. The number of likely N-dealkylation sites (tertiary alicyclic amines) is 1. The minimum absolute atomic E-state index is 0.0707. The van der Waals surface area contributed by atoms with E-state index < -0.39 is 55.7 Å². The zero-order chi connectivity index (χ0) is 32.5. The van der Waals surface area contributed by atoms with Crippen molar-refractivity contribution in [3.8, 4) is 0 Å². The normalized spacial score (nSPS) is 24.2. The number of benzene rings is 2. The molecule has 2 aliphatic heterocycles. The molecular formula is C30H32F7NO4S2. The molecule has 0 spiro atoms. The van der Waals surface area contributed by atoms with Crippen LogP contribution in [0, 0.1) is 0 Å². The lowest BCUT2D eigenvalue weighted by Crippen LogP contribution is -2.57. The van der Waals surface area contributed by atoms with Gasteiger partial charge in [0.25, 0.3) is 5.91 Å². The van der Waals surface area contributed by atoms with E-state index in [4.69, 9.17) is 0 Å². The van der Waals surface area contributed by atoms with Crippen LogP contribution in [-0.4, -0.2) is 66.4 Å². The molecule has 0 radical (unpaired) electrons. The van der Waals surface area contributed by atoms with Crippen LogP contribution in [0.25, 0.3) is 0 Å². The number of carbonyl (C=O) groups excluding carboxylic acids is 1. The van der Waals surface area contributed by atoms with E-state index in [1.807, 2.05) is 13.8 Å². The number of carbonyl (C=O) groups is 1. The van der Waals surface area contributed by atoms with Gasteiger partial charge in [-0.3, -0.25) is 4.79 Å². The molecule has 1 amide bonds. The van der Waals surface area contributed by atoms with Crippen LogP contribution < -0.4 is 0 Å². The highest BCUT2D eigenvalue weighted by Crippen LogP contribution is 2.57. The number of hydrogen-bond acceptors (Lipinski definition) is 5. The Balaban J connectivity index is 1.69. The predicted molar refractivity (Wildman–Crippen MR) is 151 cm³/mol. The summed E-state index contributed by atoms with van der Waals surface area (Å²) in [5.41, 5.74) is -8.49. The first-order valence-corrected chi connectivity index (χ1v) is 16.9. The number of amides is 1. The molecule has 242 valence electrons. The lowest BCUT2D eigenvalue weighted by atomic mass is 9.76. The zero-order valence-corrected chi connectivity index (χ0v) is 25.6. The van der Waals surface area contributed by atoms with Gasteiger partial charge in [0.2, 0.25) is 0 Å². The van der Waals surface area contributed by atoms with Crippen molar-refractivity contribution in [2.45, 2.75) is 91.2 Å². The number of fused-ring (bicyclic) bond motifs is 3. The highest BCUT2D eigenvalue weighted by molar-refractivity contribution is 7.99. The van der Waals surface area contributed by atoms with Crippen LogP contribution in [0.3, 0.4) is 0 Å². The Hall–Kier alpha value is -2.32. The van der Waals surface area contributed by atoms with Crippen LogP contribution in [0.4, 0.5) is 30.7 Å². The fraction of sp³-hybridized carbons (Fsp3) is 0.567. The molecule has 0 aromatic heterocycles. The Morgan fingerprint density at radius 1 is 0.955 bits per heavy atom. The number of nitrogens with zero attached hydrogens (tertiary/aromatic N) is 1. The molecule has 5 rings (SSSR count). The van der Waals surface area contributed by atoms with Crippen molar-refractivity contribution in [2.24, 2.45) is 0 Å². The molecule has 2 saturated heterocycles. The fourth-order valence-corrected chi connectivity index (χ4v) is 10.4. The smallest absolute Gasteiger partial charge is 0.380 e. The van der Waals surface area contributed by atoms with Gasteiger partial charge in [0, 0.05) is 12.1 Å². The predicted octanol–water partition coefficient (Wildman–Crippen LogP) is 6.57. The van der Waals surface area contributed by atoms with Crippen molar-refractivity contribution >= 4 is 27.5 Å². The number of hydrogen-bond donors (Lipinski definition) is 1. The second-order valence-electron chi connectivity index (χ2n) is 12.1. The minimum atomic E-state index is -6.33. The number of halogens is 7. The third-order valence-corrected chi connectivity index (χ3v) is 12.9. The molecule has 5 nitrogen and oxygen atoms in total. The van der Waals surface area contributed by atoms with Gasteiger partial charge in [0.1, 0.15) is 10.3 Å². The van der Waals surface area contributed by atoms with Gasteiger partial charge in [-0.1, -0.05) is 44.2 Å². The largest absolute Gasteiger partial charge is 0.435 e. The molecular weight excluding hydrogens is 635 g/mol. The summed E-state index contributed by atoms with van der Waals surface area (Å²) >= 11 is 1.56. The summed E-state index contributed by atoms with van der Waals surface area (Å²) in [4.78, 5) is 15.0. The molecule has 2 fully saturated rings. The average Bonchev–Trinajstić information content (AvgIpc) is 3.37. The fourth-order valence-electron chi connectivity index (χ4n) is 6.91. The first-order chi connectivity index (χ1) is 20.3. The SMILES string of the molecule is CC(C)c1ccc(S(=O)(=O)C23CCN(C(=O)C4(O)CCSCC4)C2CCc2cc(C(F)(C(F)(F)F)C(F)(F)F)ccc23)cc1. The third-order valence-electron chi connectivity index (χ3n) is 9.38. The number of rotatable bonds is 5. The summed E-state index contributed by atoms with van der Waals surface area (Å²) in [5.74, 6) is 0.457. The van der Waals surface area contributed by atoms with Crippen LogP contribution in [0.2, 0.25) is 0 Å². The maximum atomic E-state index is 15.0. The van der Waals surface area contributed by atoms with E-state index >= 15 is 4.39 Å². The van der Waals surface area contributed by atoms with Gasteiger partial charge in [-0.2, -0.15) is 38.1 Å². The minimum Gasteiger partial charge on any atom is -0.380 e. The van der Waals surface area contributed by atoms with Gasteiger partial charge < -0.3 is 10.0 Å². The van der Waals surface area contributed by atoms with E-state index in [0.717, 1.165) is 11.6 Å². The van der Waals surface area contributed by atoms with Crippen molar-refractivity contribution in [2.75, 3.05) is 18.1 Å². The van der Waals surface area contributed by atoms with Gasteiger partial charge in [0.15, 0.2) is 9.84 Å². The van der Waals surface area contributed by atoms with Crippen LogP contribution in [0.5, 0.6) is 0 Å². The highest BCUT2D eigenvalue weighted by Gasteiger charge is 2.74. The van der Waals surface area contributed by atoms with Crippen molar-refractivity contribution in [1.29, 1.82) is 0 Å². The second-order valence-corrected chi connectivity index (χ2v) is 15.5. The molecule has 1 aliphatic carbocycles. The van der Waals surface area contributed by atoms with Gasteiger partial charge >= 0.3 is 18.0 Å². The van der Waals surface area contributed by atoms with Crippen molar-refractivity contribution in [1.82, 2.24) is 4.90 Å². The van der Waals surface area contributed by atoms with Gasteiger partial charge in [-0.15, -0.1) is 0 Å². The molecule has 44 heavy (non-hydrogen) atoms. The highest BCUT2D eigenvalue weighted by atomic mass is 32.2. The average molecular weight is 668 g/mol. The van der Waals surface area contributed by atoms with Crippen LogP contribution in [-0.2, 0) is 31.5 Å². The quantitative estimate of drug-likeness (QED) is 0.365. The second kappa shape index (κ2) is 10.9. The van der Waals surface area contributed by atoms with Crippen molar-refractivity contribution < 1.29 is 49.1 Å².